The summed E-state index contributed by atoms with van der Waals surface area (Å²) in [4.78, 5) is 0. The fraction of sp³-hybridized carbons (Fsp3) is 0.143. The van der Waals surface area contributed by atoms with Crippen LogP contribution in [0.1, 0.15) is 16.7 Å². The summed E-state index contributed by atoms with van der Waals surface area (Å²) in [5.74, 6) is 0.366. The first-order valence-electron chi connectivity index (χ1n) is 5.18. The second kappa shape index (κ2) is 4.71. The average Bonchev–Trinajstić information content (AvgIpc) is 2.24. The lowest BCUT2D eigenvalue weighted by Crippen LogP contribution is -1.89. The maximum absolute atomic E-state index is 9.75. The zero-order chi connectivity index (χ0) is 11.5. The van der Waals surface area contributed by atoms with Gasteiger partial charge in [-0.25, -0.2) is 0 Å². The average molecular weight is 277 g/mol. The number of phenolic OH excluding ortho intramolecular Hbond substituents is 1. The summed E-state index contributed by atoms with van der Waals surface area (Å²) in [7, 11) is 0. The lowest BCUT2D eigenvalue weighted by atomic mass is 10.0. The Labute approximate surface area is 104 Å². The SMILES string of the molecule is Cc1ccc(O)c(Cc2cccc(Br)c2)c1. The van der Waals surface area contributed by atoms with E-state index in [2.05, 4.69) is 28.1 Å². The van der Waals surface area contributed by atoms with Crippen LogP contribution in [0.4, 0.5) is 0 Å². The van der Waals surface area contributed by atoms with Gasteiger partial charge in [0, 0.05) is 10.9 Å². The molecule has 2 heteroatoms. The van der Waals surface area contributed by atoms with Crippen molar-refractivity contribution in [3.63, 3.8) is 0 Å². The molecule has 0 fully saturated rings. The van der Waals surface area contributed by atoms with Gasteiger partial charge in [0.1, 0.15) is 5.75 Å². The van der Waals surface area contributed by atoms with Gasteiger partial charge in [0.05, 0.1) is 0 Å². The molecule has 2 rings (SSSR count). The van der Waals surface area contributed by atoms with Gasteiger partial charge in [-0.15, -0.1) is 0 Å². The number of halogens is 1. The van der Waals surface area contributed by atoms with Crippen molar-refractivity contribution in [1.82, 2.24) is 0 Å². The van der Waals surface area contributed by atoms with Crippen LogP contribution in [0.15, 0.2) is 46.9 Å². The molecule has 1 N–H and O–H groups in total. The predicted molar refractivity (Wildman–Crippen MR) is 69.8 cm³/mol. The van der Waals surface area contributed by atoms with Gasteiger partial charge in [-0.05, 0) is 36.2 Å². The zero-order valence-corrected chi connectivity index (χ0v) is 10.7. The van der Waals surface area contributed by atoms with Crippen molar-refractivity contribution in [1.29, 1.82) is 0 Å². The minimum atomic E-state index is 0.366. The molecule has 0 atom stereocenters. The van der Waals surface area contributed by atoms with Crippen LogP contribution in [0.25, 0.3) is 0 Å². The fourth-order valence-electron chi connectivity index (χ4n) is 1.72. The molecule has 0 saturated heterocycles. The van der Waals surface area contributed by atoms with Crippen LogP contribution in [0, 0.1) is 6.92 Å². The van der Waals surface area contributed by atoms with Crippen molar-refractivity contribution in [3.8, 4) is 5.75 Å². The number of hydrogen-bond donors (Lipinski definition) is 1. The van der Waals surface area contributed by atoms with Gasteiger partial charge >= 0.3 is 0 Å². The first kappa shape index (κ1) is 11.2. The first-order chi connectivity index (χ1) is 7.65. The number of benzene rings is 2. The van der Waals surface area contributed by atoms with E-state index in [9.17, 15) is 5.11 Å². The molecule has 0 aliphatic rings. The van der Waals surface area contributed by atoms with Crippen LogP contribution in [0.3, 0.4) is 0 Å². The van der Waals surface area contributed by atoms with E-state index in [1.165, 1.54) is 11.1 Å². The molecule has 82 valence electrons. The highest BCUT2D eigenvalue weighted by molar-refractivity contribution is 9.10. The Kier molecular flexibility index (Phi) is 3.30. The van der Waals surface area contributed by atoms with Gasteiger partial charge in [0.25, 0.3) is 0 Å². The summed E-state index contributed by atoms with van der Waals surface area (Å²) < 4.78 is 1.07. The third kappa shape index (κ3) is 2.64. The highest BCUT2D eigenvalue weighted by Crippen LogP contribution is 2.22. The molecule has 0 aliphatic heterocycles. The highest BCUT2D eigenvalue weighted by atomic mass is 79.9. The summed E-state index contributed by atoms with van der Waals surface area (Å²) in [6, 6.07) is 13.8. The van der Waals surface area contributed by atoms with E-state index in [1.807, 2.05) is 31.2 Å². The van der Waals surface area contributed by atoms with Crippen molar-refractivity contribution >= 4 is 15.9 Å². The molecule has 0 radical (unpaired) electrons. The Hall–Kier alpha value is -1.28. The molecule has 1 nitrogen and oxygen atoms in total. The lowest BCUT2D eigenvalue weighted by molar-refractivity contribution is 0.469. The smallest absolute Gasteiger partial charge is 0.119 e. The molecule has 16 heavy (non-hydrogen) atoms. The number of aryl methyl sites for hydroxylation is 1. The molecule has 0 spiro atoms. The second-order valence-electron chi connectivity index (χ2n) is 3.94. The monoisotopic (exact) mass is 276 g/mol. The molecule has 0 aromatic heterocycles. The van der Waals surface area contributed by atoms with Crippen LogP contribution in [0.2, 0.25) is 0 Å². The van der Waals surface area contributed by atoms with Crippen LogP contribution in [-0.4, -0.2) is 5.11 Å². The number of hydrogen-bond acceptors (Lipinski definition) is 1. The normalized spacial score (nSPS) is 10.4. The van der Waals surface area contributed by atoms with E-state index in [0.717, 1.165) is 16.5 Å². The van der Waals surface area contributed by atoms with Crippen molar-refractivity contribution in [2.24, 2.45) is 0 Å². The van der Waals surface area contributed by atoms with Crippen LogP contribution in [-0.2, 0) is 6.42 Å². The molecular weight excluding hydrogens is 264 g/mol. The summed E-state index contributed by atoms with van der Waals surface area (Å²) >= 11 is 3.45. The molecular formula is C14H13BrO. The van der Waals surface area contributed by atoms with E-state index in [1.54, 1.807) is 6.07 Å². The Balaban J connectivity index is 2.30. The maximum Gasteiger partial charge on any atom is 0.119 e. The summed E-state index contributed by atoms with van der Waals surface area (Å²) in [6.07, 6.45) is 0.757. The van der Waals surface area contributed by atoms with Gasteiger partial charge in [-0.1, -0.05) is 45.8 Å². The second-order valence-corrected chi connectivity index (χ2v) is 4.85. The van der Waals surface area contributed by atoms with Crippen molar-refractivity contribution in [2.75, 3.05) is 0 Å². The Morgan fingerprint density at radius 2 is 1.94 bits per heavy atom. The Morgan fingerprint density at radius 1 is 1.12 bits per heavy atom. The van der Waals surface area contributed by atoms with Crippen LogP contribution < -0.4 is 0 Å². The minimum absolute atomic E-state index is 0.366. The number of phenols is 1. The largest absolute Gasteiger partial charge is 0.508 e. The molecule has 0 heterocycles. The van der Waals surface area contributed by atoms with Crippen molar-refractivity contribution in [3.05, 3.63) is 63.6 Å². The van der Waals surface area contributed by atoms with E-state index in [0.29, 0.717) is 5.75 Å². The highest BCUT2D eigenvalue weighted by Gasteiger charge is 2.03. The maximum atomic E-state index is 9.75. The van der Waals surface area contributed by atoms with Crippen LogP contribution in [0.5, 0.6) is 5.75 Å². The fourth-order valence-corrected chi connectivity index (χ4v) is 2.17. The van der Waals surface area contributed by atoms with Gasteiger partial charge in [0.15, 0.2) is 0 Å². The molecule has 0 aliphatic carbocycles. The van der Waals surface area contributed by atoms with Gasteiger partial charge in [-0.2, -0.15) is 0 Å². The van der Waals surface area contributed by atoms with Gasteiger partial charge in [-0.3, -0.25) is 0 Å². The quantitative estimate of drug-likeness (QED) is 0.877. The van der Waals surface area contributed by atoms with Crippen LogP contribution >= 0.6 is 15.9 Å². The summed E-state index contributed by atoms with van der Waals surface area (Å²) in [5, 5.41) is 9.75. The minimum Gasteiger partial charge on any atom is -0.508 e. The third-order valence-electron chi connectivity index (χ3n) is 2.52. The van der Waals surface area contributed by atoms with Gasteiger partial charge < -0.3 is 5.11 Å². The summed E-state index contributed by atoms with van der Waals surface area (Å²) in [5.41, 5.74) is 3.33. The number of aromatic hydroxyl groups is 1. The predicted octanol–water partition coefficient (Wildman–Crippen LogP) is 4.05. The van der Waals surface area contributed by atoms with Gasteiger partial charge in [0.2, 0.25) is 0 Å². The van der Waals surface area contributed by atoms with E-state index < -0.39 is 0 Å². The van der Waals surface area contributed by atoms with E-state index >= 15 is 0 Å². The molecule has 2 aromatic rings. The lowest BCUT2D eigenvalue weighted by Gasteiger charge is -2.06. The molecule has 0 bridgehead atoms. The van der Waals surface area contributed by atoms with E-state index in [4.69, 9.17) is 0 Å². The number of rotatable bonds is 2. The first-order valence-corrected chi connectivity index (χ1v) is 5.97. The Morgan fingerprint density at radius 3 is 2.69 bits per heavy atom. The van der Waals surface area contributed by atoms with Crippen molar-refractivity contribution in [2.45, 2.75) is 13.3 Å². The zero-order valence-electron chi connectivity index (χ0n) is 9.07. The topological polar surface area (TPSA) is 20.2 Å². The summed E-state index contributed by atoms with van der Waals surface area (Å²) in [6.45, 7) is 2.03. The van der Waals surface area contributed by atoms with E-state index in [-0.39, 0.29) is 0 Å². The van der Waals surface area contributed by atoms with Crippen molar-refractivity contribution < 1.29 is 5.11 Å². The standard InChI is InChI=1S/C14H13BrO/c1-10-5-6-14(16)12(7-10)8-11-3-2-4-13(15)9-11/h2-7,9,16H,8H2,1H3. The molecule has 0 unspecified atom stereocenters. The molecule has 0 amide bonds. The molecule has 0 saturated carbocycles. The molecule has 2 aromatic carbocycles. The Bertz CT molecular complexity index is 506. The third-order valence-corrected chi connectivity index (χ3v) is 3.01.